The molecule has 0 spiro atoms. The molecule has 0 heterocycles. The van der Waals surface area contributed by atoms with Crippen molar-refractivity contribution in [1.82, 2.24) is 0 Å². The van der Waals surface area contributed by atoms with Crippen LogP contribution < -0.4 is 10.5 Å². The zero-order valence-corrected chi connectivity index (χ0v) is 12.4. The number of benzene rings is 2. The molecule has 0 saturated heterocycles. The highest BCUT2D eigenvalue weighted by molar-refractivity contribution is 7.92. The lowest BCUT2D eigenvalue weighted by atomic mass is 10.2. The highest BCUT2D eigenvalue weighted by Gasteiger charge is 2.22. The van der Waals surface area contributed by atoms with Crippen LogP contribution in [-0.2, 0) is 10.0 Å². The van der Waals surface area contributed by atoms with Gasteiger partial charge >= 0.3 is 0 Å². The molecule has 0 bridgehead atoms. The summed E-state index contributed by atoms with van der Waals surface area (Å²) in [6.07, 6.45) is 0. The fraction of sp³-hybridized carbons (Fsp3) is 0.0769. The standard InChI is InChI=1S/C13H11ClF2N2O2S/c1-7-2-3-12(8(14)4-7)18-21(19,20)13-6-11(17)9(15)5-10(13)16/h2-6,18H,17H2,1H3. The molecule has 0 atom stereocenters. The van der Waals surface area contributed by atoms with E-state index >= 15 is 0 Å². The fourth-order valence-electron chi connectivity index (χ4n) is 1.65. The van der Waals surface area contributed by atoms with Crippen LogP contribution in [0.4, 0.5) is 20.2 Å². The van der Waals surface area contributed by atoms with Crippen molar-refractivity contribution >= 4 is 33.0 Å². The van der Waals surface area contributed by atoms with Gasteiger partial charge in [0.2, 0.25) is 0 Å². The Bertz CT molecular complexity index is 810. The maximum Gasteiger partial charge on any atom is 0.264 e. The van der Waals surface area contributed by atoms with Crippen LogP contribution in [0.15, 0.2) is 35.2 Å². The summed E-state index contributed by atoms with van der Waals surface area (Å²) < 4.78 is 53.1. The Morgan fingerprint density at radius 3 is 2.43 bits per heavy atom. The van der Waals surface area contributed by atoms with Gasteiger partial charge in [0.05, 0.1) is 16.4 Å². The van der Waals surface area contributed by atoms with Crippen molar-refractivity contribution in [2.24, 2.45) is 0 Å². The van der Waals surface area contributed by atoms with Gasteiger partial charge in [-0.2, -0.15) is 0 Å². The predicted octanol–water partition coefficient (Wildman–Crippen LogP) is 3.31. The smallest absolute Gasteiger partial charge is 0.264 e. The van der Waals surface area contributed by atoms with Gasteiger partial charge in [0.25, 0.3) is 10.0 Å². The Kier molecular flexibility index (Phi) is 4.06. The minimum Gasteiger partial charge on any atom is -0.396 e. The molecule has 0 radical (unpaired) electrons. The molecule has 0 fully saturated rings. The SMILES string of the molecule is Cc1ccc(NS(=O)(=O)c2cc(N)c(F)cc2F)c(Cl)c1. The van der Waals surface area contributed by atoms with Gasteiger partial charge in [-0.05, 0) is 30.7 Å². The second kappa shape index (κ2) is 5.50. The number of halogens is 3. The summed E-state index contributed by atoms with van der Waals surface area (Å²) in [5.41, 5.74) is 5.72. The lowest BCUT2D eigenvalue weighted by Crippen LogP contribution is -2.15. The monoisotopic (exact) mass is 332 g/mol. The summed E-state index contributed by atoms with van der Waals surface area (Å²) in [5, 5.41) is 0.161. The van der Waals surface area contributed by atoms with Gasteiger partial charge < -0.3 is 5.73 Å². The van der Waals surface area contributed by atoms with E-state index < -0.39 is 32.2 Å². The van der Waals surface area contributed by atoms with E-state index in [1.807, 2.05) is 0 Å². The molecule has 21 heavy (non-hydrogen) atoms. The molecule has 0 aliphatic heterocycles. The van der Waals surface area contributed by atoms with Crippen molar-refractivity contribution in [3.8, 4) is 0 Å². The zero-order valence-electron chi connectivity index (χ0n) is 10.8. The molecule has 2 rings (SSSR count). The topological polar surface area (TPSA) is 72.2 Å². The number of hydrogen-bond acceptors (Lipinski definition) is 3. The molecule has 0 amide bonds. The maximum atomic E-state index is 13.6. The predicted molar refractivity (Wildman–Crippen MR) is 77.8 cm³/mol. The molecule has 2 aromatic rings. The van der Waals surface area contributed by atoms with Crippen LogP contribution in [0.5, 0.6) is 0 Å². The zero-order chi connectivity index (χ0) is 15.8. The number of rotatable bonds is 3. The lowest BCUT2D eigenvalue weighted by Gasteiger charge is -2.11. The number of hydrogen-bond donors (Lipinski definition) is 2. The van der Waals surface area contributed by atoms with E-state index in [9.17, 15) is 17.2 Å². The van der Waals surface area contributed by atoms with Crippen LogP contribution in [0.25, 0.3) is 0 Å². The van der Waals surface area contributed by atoms with Crippen LogP contribution in [0.2, 0.25) is 5.02 Å². The van der Waals surface area contributed by atoms with Crippen molar-refractivity contribution in [2.45, 2.75) is 11.8 Å². The van der Waals surface area contributed by atoms with Gasteiger partial charge in [-0.1, -0.05) is 17.7 Å². The minimum absolute atomic E-state index is 0.0876. The van der Waals surface area contributed by atoms with E-state index in [0.29, 0.717) is 6.07 Å². The lowest BCUT2D eigenvalue weighted by molar-refractivity contribution is 0.553. The summed E-state index contributed by atoms with van der Waals surface area (Å²) in [6.45, 7) is 1.78. The van der Waals surface area contributed by atoms with E-state index in [4.69, 9.17) is 17.3 Å². The first-order chi connectivity index (χ1) is 9.70. The van der Waals surface area contributed by atoms with Gasteiger partial charge in [-0.15, -0.1) is 0 Å². The summed E-state index contributed by atoms with van der Waals surface area (Å²) in [5.74, 6) is -2.27. The number of sulfonamides is 1. The van der Waals surface area contributed by atoms with Gasteiger partial charge in [0.15, 0.2) is 0 Å². The quantitative estimate of drug-likeness (QED) is 0.847. The van der Waals surface area contributed by atoms with E-state index in [2.05, 4.69) is 4.72 Å². The molecule has 0 unspecified atom stereocenters. The molecule has 0 saturated carbocycles. The number of nitrogen functional groups attached to an aromatic ring is 1. The third kappa shape index (κ3) is 3.25. The van der Waals surface area contributed by atoms with Crippen LogP contribution in [0, 0.1) is 18.6 Å². The Balaban J connectivity index is 2.46. The largest absolute Gasteiger partial charge is 0.396 e. The van der Waals surface area contributed by atoms with Gasteiger partial charge in [-0.3, -0.25) is 4.72 Å². The third-order valence-corrected chi connectivity index (χ3v) is 4.40. The Labute approximate surface area is 125 Å². The van der Waals surface area contributed by atoms with Crippen LogP contribution >= 0.6 is 11.6 Å². The number of nitrogens with one attached hydrogen (secondary N) is 1. The summed E-state index contributed by atoms with van der Waals surface area (Å²) in [7, 11) is -4.27. The highest BCUT2D eigenvalue weighted by Crippen LogP contribution is 2.27. The second-order valence-electron chi connectivity index (χ2n) is 4.39. The van der Waals surface area contributed by atoms with Crippen LogP contribution in [0.3, 0.4) is 0 Å². The Hall–Kier alpha value is -1.86. The van der Waals surface area contributed by atoms with Crippen LogP contribution in [0.1, 0.15) is 5.56 Å². The first kappa shape index (κ1) is 15.5. The molecule has 0 aliphatic rings. The average molecular weight is 333 g/mol. The van der Waals surface area contributed by atoms with Crippen molar-refractivity contribution in [2.75, 3.05) is 10.5 Å². The third-order valence-electron chi connectivity index (χ3n) is 2.71. The maximum absolute atomic E-state index is 13.6. The molecule has 112 valence electrons. The van der Waals surface area contributed by atoms with E-state index in [-0.39, 0.29) is 10.7 Å². The Morgan fingerprint density at radius 2 is 1.81 bits per heavy atom. The molecular weight excluding hydrogens is 322 g/mol. The number of nitrogens with two attached hydrogens (primary N) is 1. The second-order valence-corrected chi connectivity index (χ2v) is 6.45. The first-order valence-electron chi connectivity index (χ1n) is 5.74. The van der Waals surface area contributed by atoms with Gasteiger partial charge in [0.1, 0.15) is 16.5 Å². The number of anilines is 2. The molecule has 4 nitrogen and oxygen atoms in total. The molecule has 0 aromatic heterocycles. The molecule has 2 aromatic carbocycles. The summed E-state index contributed by atoms with van der Waals surface area (Å²) >= 11 is 5.91. The van der Waals surface area contributed by atoms with Crippen LogP contribution in [-0.4, -0.2) is 8.42 Å². The fourth-order valence-corrected chi connectivity index (χ4v) is 3.17. The molecular formula is C13H11ClF2N2O2S. The van der Waals surface area contributed by atoms with Crippen molar-refractivity contribution in [3.05, 3.63) is 52.6 Å². The normalized spacial score (nSPS) is 11.4. The van der Waals surface area contributed by atoms with Crippen molar-refractivity contribution in [1.29, 1.82) is 0 Å². The van der Waals surface area contributed by atoms with E-state index in [1.54, 1.807) is 19.1 Å². The van der Waals surface area contributed by atoms with E-state index in [0.717, 1.165) is 11.6 Å². The first-order valence-corrected chi connectivity index (χ1v) is 7.60. The van der Waals surface area contributed by atoms with E-state index in [1.165, 1.54) is 6.07 Å². The highest BCUT2D eigenvalue weighted by atomic mass is 35.5. The van der Waals surface area contributed by atoms with Gasteiger partial charge in [-0.25, -0.2) is 17.2 Å². The Morgan fingerprint density at radius 1 is 1.14 bits per heavy atom. The summed E-state index contributed by atoms with van der Waals surface area (Å²) in [4.78, 5) is -0.752. The molecule has 0 aliphatic carbocycles. The average Bonchev–Trinajstić information content (AvgIpc) is 2.37. The van der Waals surface area contributed by atoms with Gasteiger partial charge in [0, 0.05) is 6.07 Å². The van der Waals surface area contributed by atoms with Crippen molar-refractivity contribution < 1.29 is 17.2 Å². The number of aryl methyl sites for hydroxylation is 1. The molecule has 3 N–H and O–H groups in total. The summed E-state index contributed by atoms with van der Waals surface area (Å²) in [6, 6.07) is 5.77. The minimum atomic E-state index is -4.27. The van der Waals surface area contributed by atoms with Crippen molar-refractivity contribution in [3.63, 3.8) is 0 Å². The molecule has 8 heteroatoms.